The highest BCUT2D eigenvalue weighted by Crippen LogP contribution is 2.17. The smallest absolute Gasteiger partial charge is 0.122 e. The molecule has 2 rings (SSSR count). The number of piperidine rings is 1. The van der Waals surface area contributed by atoms with Gasteiger partial charge >= 0.3 is 0 Å². The predicted octanol–water partition coefficient (Wildman–Crippen LogP) is 1.07. The first-order chi connectivity index (χ1) is 7.70. The first kappa shape index (κ1) is 11.6. The molecule has 0 aliphatic carbocycles. The van der Waals surface area contributed by atoms with Gasteiger partial charge in [0.25, 0.3) is 0 Å². The minimum Gasteiger partial charge on any atom is -0.334 e. The summed E-state index contributed by atoms with van der Waals surface area (Å²) in [5, 5.41) is 0. The summed E-state index contributed by atoms with van der Waals surface area (Å²) in [6, 6.07) is 0.318. The van der Waals surface area contributed by atoms with Crippen LogP contribution in [0.25, 0.3) is 0 Å². The number of hydrogen-bond acceptors (Lipinski definition) is 3. The van der Waals surface area contributed by atoms with Crippen LogP contribution in [-0.2, 0) is 13.1 Å². The molecule has 0 bridgehead atoms. The van der Waals surface area contributed by atoms with Gasteiger partial charge in [0.1, 0.15) is 5.82 Å². The summed E-state index contributed by atoms with van der Waals surface area (Å²) < 4.78 is 2.20. The van der Waals surface area contributed by atoms with E-state index in [-0.39, 0.29) is 0 Å². The molecule has 1 aromatic heterocycles. The molecule has 1 aromatic rings. The first-order valence-corrected chi connectivity index (χ1v) is 6.18. The zero-order chi connectivity index (χ0) is 11.5. The van der Waals surface area contributed by atoms with Gasteiger partial charge in [0.15, 0.2) is 0 Å². The summed E-state index contributed by atoms with van der Waals surface area (Å²) in [5.74, 6) is 1.81. The van der Waals surface area contributed by atoms with E-state index < -0.39 is 0 Å². The van der Waals surface area contributed by atoms with E-state index in [1.165, 1.54) is 6.42 Å². The van der Waals surface area contributed by atoms with Gasteiger partial charge in [0.05, 0.1) is 6.54 Å². The predicted molar refractivity (Wildman–Crippen MR) is 64.9 cm³/mol. The van der Waals surface area contributed by atoms with Crippen molar-refractivity contribution in [1.29, 1.82) is 0 Å². The van der Waals surface area contributed by atoms with Crippen LogP contribution in [0.4, 0.5) is 0 Å². The molecule has 4 nitrogen and oxygen atoms in total. The molecule has 0 amide bonds. The molecule has 16 heavy (non-hydrogen) atoms. The molecule has 1 aliphatic rings. The second kappa shape index (κ2) is 4.97. The highest BCUT2D eigenvalue weighted by atomic mass is 15.2. The van der Waals surface area contributed by atoms with Gasteiger partial charge in [-0.3, -0.25) is 4.90 Å². The highest BCUT2D eigenvalue weighted by Gasteiger charge is 2.23. The Hall–Kier alpha value is -0.870. The molecule has 90 valence electrons. The Morgan fingerprint density at radius 3 is 3.06 bits per heavy atom. The van der Waals surface area contributed by atoms with Crippen LogP contribution in [0.5, 0.6) is 0 Å². The first-order valence-electron chi connectivity index (χ1n) is 6.18. The number of imidazole rings is 1. The van der Waals surface area contributed by atoms with Crippen molar-refractivity contribution in [1.82, 2.24) is 14.5 Å². The average molecular weight is 222 g/mol. The van der Waals surface area contributed by atoms with E-state index in [0.29, 0.717) is 12.0 Å². The molecule has 0 radical (unpaired) electrons. The zero-order valence-corrected chi connectivity index (χ0v) is 10.3. The van der Waals surface area contributed by atoms with Crippen LogP contribution >= 0.6 is 0 Å². The Balaban J connectivity index is 1.95. The summed E-state index contributed by atoms with van der Waals surface area (Å²) >= 11 is 0. The van der Waals surface area contributed by atoms with Gasteiger partial charge in [-0.2, -0.15) is 0 Å². The quantitative estimate of drug-likeness (QED) is 0.832. The molecule has 2 atom stereocenters. The Kier molecular flexibility index (Phi) is 3.61. The molecule has 0 saturated carbocycles. The number of aromatic nitrogens is 2. The van der Waals surface area contributed by atoms with E-state index in [0.717, 1.165) is 32.0 Å². The van der Waals surface area contributed by atoms with Crippen molar-refractivity contribution in [2.45, 2.75) is 39.4 Å². The van der Waals surface area contributed by atoms with Gasteiger partial charge < -0.3 is 10.3 Å². The second-order valence-corrected chi connectivity index (χ2v) is 4.79. The number of rotatable bonds is 3. The normalized spacial score (nSPS) is 27.2. The van der Waals surface area contributed by atoms with E-state index in [1.54, 1.807) is 0 Å². The Bertz CT molecular complexity index is 334. The lowest BCUT2D eigenvalue weighted by molar-refractivity contribution is 0.157. The van der Waals surface area contributed by atoms with Gasteiger partial charge in [-0.1, -0.05) is 6.92 Å². The largest absolute Gasteiger partial charge is 0.334 e. The third-order valence-electron chi connectivity index (χ3n) is 3.61. The van der Waals surface area contributed by atoms with Crippen molar-refractivity contribution in [3.8, 4) is 0 Å². The van der Waals surface area contributed by atoms with Crippen molar-refractivity contribution >= 4 is 0 Å². The van der Waals surface area contributed by atoms with Gasteiger partial charge in [-0.15, -0.1) is 0 Å². The maximum atomic E-state index is 6.10. The van der Waals surface area contributed by atoms with Gasteiger partial charge in [-0.05, 0) is 25.8 Å². The summed E-state index contributed by atoms with van der Waals surface area (Å²) in [4.78, 5) is 6.82. The molecule has 2 unspecified atom stereocenters. The lowest BCUT2D eigenvalue weighted by atomic mass is 9.94. The third-order valence-corrected chi connectivity index (χ3v) is 3.61. The molecule has 2 N–H and O–H groups in total. The minimum atomic E-state index is 0.318. The van der Waals surface area contributed by atoms with E-state index >= 15 is 0 Å². The highest BCUT2D eigenvalue weighted by molar-refractivity contribution is 4.93. The maximum Gasteiger partial charge on any atom is 0.122 e. The topological polar surface area (TPSA) is 47.1 Å². The van der Waals surface area contributed by atoms with Crippen molar-refractivity contribution in [3.63, 3.8) is 0 Å². The molecule has 1 fully saturated rings. The molecule has 0 aromatic carbocycles. The van der Waals surface area contributed by atoms with Crippen molar-refractivity contribution < 1.29 is 0 Å². The Morgan fingerprint density at radius 1 is 1.56 bits per heavy atom. The fourth-order valence-corrected chi connectivity index (χ4v) is 2.29. The molecular weight excluding hydrogens is 200 g/mol. The monoisotopic (exact) mass is 222 g/mol. The molecule has 4 heteroatoms. The molecule has 1 saturated heterocycles. The molecule has 1 aliphatic heterocycles. The van der Waals surface area contributed by atoms with E-state index in [4.69, 9.17) is 5.73 Å². The minimum absolute atomic E-state index is 0.318. The van der Waals surface area contributed by atoms with Crippen LogP contribution in [0.2, 0.25) is 0 Å². The van der Waals surface area contributed by atoms with Gasteiger partial charge in [0, 0.05) is 31.5 Å². The van der Waals surface area contributed by atoms with Gasteiger partial charge in [0.2, 0.25) is 0 Å². The fraction of sp³-hybridized carbons (Fsp3) is 0.750. The van der Waals surface area contributed by atoms with E-state index in [1.807, 2.05) is 12.4 Å². The van der Waals surface area contributed by atoms with Gasteiger partial charge in [-0.25, -0.2) is 4.98 Å². The standard InChI is InChI=1S/C12H22N4/c1-3-16-7-5-14-12(16)9-15-6-4-10(2)11(13)8-15/h5,7,10-11H,3-4,6,8-9,13H2,1-2H3. The number of nitrogens with zero attached hydrogens (tertiary/aromatic N) is 3. The van der Waals surface area contributed by atoms with Crippen LogP contribution in [0.3, 0.4) is 0 Å². The number of nitrogens with two attached hydrogens (primary N) is 1. The second-order valence-electron chi connectivity index (χ2n) is 4.79. The molecule has 0 spiro atoms. The van der Waals surface area contributed by atoms with E-state index in [2.05, 4.69) is 28.3 Å². The number of hydrogen-bond donors (Lipinski definition) is 1. The van der Waals surface area contributed by atoms with Crippen molar-refractivity contribution in [2.24, 2.45) is 11.7 Å². The average Bonchev–Trinajstić information content (AvgIpc) is 2.71. The Morgan fingerprint density at radius 2 is 2.38 bits per heavy atom. The Labute approximate surface area is 97.4 Å². The van der Waals surface area contributed by atoms with Crippen LogP contribution in [0, 0.1) is 5.92 Å². The molecule has 2 heterocycles. The van der Waals surface area contributed by atoms with Crippen LogP contribution < -0.4 is 5.73 Å². The van der Waals surface area contributed by atoms with Crippen LogP contribution in [0.1, 0.15) is 26.1 Å². The summed E-state index contributed by atoms with van der Waals surface area (Å²) in [5.41, 5.74) is 6.10. The summed E-state index contributed by atoms with van der Waals surface area (Å²) in [6.07, 6.45) is 5.13. The lowest BCUT2D eigenvalue weighted by Gasteiger charge is -2.34. The lowest BCUT2D eigenvalue weighted by Crippen LogP contribution is -2.47. The maximum absolute atomic E-state index is 6.10. The summed E-state index contributed by atoms with van der Waals surface area (Å²) in [7, 11) is 0. The molecular formula is C12H22N4. The third kappa shape index (κ3) is 2.44. The van der Waals surface area contributed by atoms with Crippen molar-refractivity contribution in [2.75, 3.05) is 13.1 Å². The SMILES string of the molecule is CCn1ccnc1CN1CCC(C)C(N)C1. The number of likely N-dealkylation sites (tertiary alicyclic amines) is 1. The fourth-order valence-electron chi connectivity index (χ4n) is 2.29. The van der Waals surface area contributed by atoms with E-state index in [9.17, 15) is 0 Å². The van der Waals surface area contributed by atoms with Crippen molar-refractivity contribution in [3.05, 3.63) is 18.2 Å². The number of aryl methyl sites for hydroxylation is 1. The van der Waals surface area contributed by atoms with Crippen LogP contribution in [0.15, 0.2) is 12.4 Å². The zero-order valence-electron chi connectivity index (χ0n) is 10.3. The van der Waals surface area contributed by atoms with Crippen LogP contribution in [-0.4, -0.2) is 33.6 Å². The summed E-state index contributed by atoms with van der Waals surface area (Å²) in [6.45, 7) is 8.46.